The smallest absolute Gasteiger partial charge is 0.259 e. The topological polar surface area (TPSA) is 95.9 Å². The molecule has 0 aromatic carbocycles. The number of likely N-dealkylation sites (N-methyl/N-ethyl adjacent to an activating group) is 1. The molecular weight excluding hydrogens is 456 g/mol. The van der Waals surface area contributed by atoms with Crippen LogP contribution in [0.1, 0.15) is 65.8 Å². The van der Waals surface area contributed by atoms with Crippen LogP contribution in [0.2, 0.25) is 0 Å². The maximum absolute atomic E-state index is 13.5. The van der Waals surface area contributed by atoms with Crippen molar-refractivity contribution in [2.45, 2.75) is 51.7 Å². The molecule has 2 aliphatic rings. The summed E-state index contributed by atoms with van der Waals surface area (Å²) in [6.07, 6.45) is 9.04. The molecule has 0 saturated heterocycles. The zero-order valence-corrected chi connectivity index (χ0v) is 21.2. The van der Waals surface area contributed by atoms with E-state index in [2.05, 4.69) is 21.8 Å². The van der Waals surface area contributed by atoms with Gasteiger partial charge in [0.25, 0.3) is 11.8 Å². The number of pyridine rings is 2. The van der Waals surface area contributed by atoms with Gasteiger partial charge in [-0.3, -0.25) is 14.6 Å². The molecule has 1 fully saturated rings. The van der Waals surface area contributed by atoms with Crippen molar-refractivity contribution in [1.29, 1.82) is 0 Å². The van der Waals surface area contributed by atoms with Crippen molar-refractivity contribution >= 4 is 11.8 Å². The molecule has 2 amide bonds. The molecule has 8 heteroatoms. The summed E-state index contributed by atoms with van der Waals surface area (Å²) < 4.78 is 6.30. The molecule has 0 radical (unpaired) electrons. The first-order valence-corrected chi connectivity index (χ1v) is 12.6. The summed E-state index contributed by atoms with van der Waals surface area (Å²) in [4.78, 5) is 38.2. The van der Waals surface area contributed by atoms with Gasteiger partial charge in [0.15, 0.2) is 0 Å². The van der Waals surface area contributed by atoms with Crippen LogP contribution in [0.5, 0.6) is 5.88 Å². The Bertz CT molecular complexity index is 1140. The lowest BCUT2D eigenvalue weighted by Crippen LogP contribution is -2.50. The van der Waals surface area contributed by atoms with Crippen LogP contribution in [0.25, 0.3) is 0 Å². The molecule has 0 spiro atoms. The Morgan fingerprint density at radius 3 is 2.72 bits per heavy atom. The van der Waals surface area contributed by atoms with Crippen molar-refractivity contribution in [3.8, 4) is 17.7 Å². The number of aromatic nitrogens is 2. The van der Waals surface area contributed by atoms with E-state index < -0.39 is 6.10 Å². The van der Waals surface area contributed by atoms with Gasteiger partial charge in [0.2, 0.25) is 5.88 Å². The predicted molar refractivity (Wildman–Crippen MR) is 135 cm³/mol. The monoisotopic (exact) mass is 490 g/mol. The summed E-state index contributed by atoms with van der Waals surface area (Å²) in [5.74, 6) is 6.63. The van der Waals surface area contributed by atoms with E-state index in [1.807, 2.05) is 13.8 Å². The zero-order valence-electron chi connectivity index (χ0n) is 21.2. The minimum atomic E-state index is -0.413. The van der Waals surface area contributed by atoms with Crippen molar-refractivity contribution in [3.05, 3.63) is 53.5 Å². The third kappa shape index (κ3) is 5.85. The van der Waals surface area contributed by atoms with Gasteiger partial charge in [-0.15, -0.1) is 0 Å². The molecule has 8 nitrogen and oxygen atoms in total. The molecule has 1 aliphatic carbocycles. The van der Waals surface area contributed by atoms with Crippen LogP contribution < -0.4 is 4.74 Å². The summed E-state index contributed by atoms with van der Waals surface area (Å²) in [6, 6.07) is 4.71. The summed E-state index contributed by atoms with van der Waals surface area (Å²) in [7, 11) is 1.73. The second-order valence-electron chi connectivity index (χ2n) is 9.87. The Hall–Kier alpha value is -3.44. The van der Waals surface area contributed by atoms with Gasteiger partial charge in [0.05, 0.1) is 19.2 Å². The highest BCUT2D eigenvalue weighted by molar-refractivity contribution is 5.97. The van der Waals surface area contributed by atoms with Crippen molar-refractivity contribution < 1.29 is 19.4 Å². The van der Waals surface area contributed by atoms with Crippen LogP contribution in [-0.4, -0.2) is 75.6 Å². The number of ether oxygens (including phenoxy) is 1. The number of aliphatic hydroxyl groups excluding tert-OH is 1. The Kier molecular flexibility index (Phi) is 8.21. The molecule has 1 aliphatic heterocycles. The lowest BCUT2D eigenvalue weighted by atomic mass is 9.99. The van der Waals surface area contributed by atoms with Gasteiger partial charge in [0, 0.05) is 55.1 Å². The van der Waals surface area contributed by atoms with Crippen LogP contribution in [-0.2, 0) is 0 Å². The van der Waals surface area contributed by atoms with Crippen molar-refractivity contribution in [3.63, 3.8) is 0 Å². The number of hydrogen-bond acceptors (Lipinski definition) is 6. The second-order valence-corrected chi connectivity index (χ2v) is 9.87. The molecule has 4 rings (SSSR count). The van der Waals surface area contributed by atoms with E-state index in [9.17, 15) is 14.7 Å². The molecule has 190 valence electrons. The molecule has 3 atom stereocenters. The summed E-state index contributed by atoms with van der Waals surface area (Å²) >= 11 is 0. The fraction of sp³-hybridized carbons (Fsp3) is 0.500. The molecule has 1 saturated carbocycles. The number of hydrogen-bond donors (Lipinski definition) is 1. The van der Waals surface area contributed by atoms with E-state index in [1.165, 1.54) is 12.8 Å². The van der Waals surface area contributed by atoms with E-state index in [1.54, 1.807) is 53.6 Å². The zero-order chi connectivity index (χ0) is 25.7. The highest BCUT2D eigenvalue weighted by Gasteiger charge is 2.34. The summed E-state index contributed by atoms with van der Waals surface area (Å²) in [5.41, 5.74) is 1.54. The van der Waals surface area contributed by atoms with Crippen molar-refractivity contribution in [1.82, 2.24) is 19.8 Å². The van der Waals surface area contributed by atoms with E-state index in [0.717, 1.165) is 12.8 Å². The van der Waals surface area contributed by atoms with Crippen molar-refractivity contribution in [2.24, 2.45) is 11.8 Å². The number of aliphatic hydroxyl groups is 1. The number of fused-ring (bicyclic) bond motifs is 1. The Labute approximate surface area is 212 Å². The highest BCUT2D eigenvalue weighted by Crippen LogP contribution is 2.28. The third-order valence-electron chi connectivity index (χ3n) is 7.02. The standard InChI is InChI=1S/C28H34N4O4/c1-19-16-32(20(2)18-33)28(35)24-14-22(9-8-21-6-4-5-7-21)15-30-26(24)36-25(19)17-31(3)27(34)23-10-12-29-13-11-23/h10-15,19-21,25,33H,4-7,16-18H2,1-3H3/t19-,20-,25-/m0/s1. The van der Waals surface area contributed by atoms with E-state index in [-0.39, 0.29) is 36.3 Å². The second kappa shape index (κ2) is 11.5. The van der Waals surface area contributed by atoms with Crippen LogP contribution in [0, 0.1) is 23.7 Å². The van der Waals surface area contributed by atoms with E-state index in [4.69, 9.17) is 4.74 Å². The van der Waals surface area contributed by atoms with Gasteiger partial charge in [0.1, 0.15) is 11.7 Å². The number of nitrogens with zero attached hydrogens (tertiary/aromatic N) is 4. The normalized spacial score (nSPS) is 20.9. The lowest BCUT2D eigenvalue weighted by molar-refractivity contribution is 0.0313. The average molecular weight is 491 g/mol. The average Bonchev–Trinajstić information content (AvgIpc) is 3.43. The lowest BCUT2D eigenvalue weighted by Gasteiger charge is -2.37. The number of carbonyl (C=O) groups excluding carboxylic acids is 2. The minimum absolute atomic E-state index is 0.118. The molecular formula is C28H34N4O4. The van der Waals surface area contributed by atoms with Gasteiger partial charge < -0.3 is 19.6 Å². The Morgan fingerprint density at radius 1 is 1.31 bits per heavy atom. The largest absolute Gasteiger partial charge is 0.472 e. The fourth-order valence-corrected chi connectivity index (χ4v) is 4.71. The Balaban J connectivity index is 1.62. The molecule has 3 heterocycles. The molecule has 36 heavy (non-hydrogen) atoms. The number of carbonyl (C=O) groups is 2. The third-order valence-corrected chi connectivity index (χ3v) is 7.02. The molecule has 2 aromatic heterocycles. The molecule has 2 aromatic rings. The van der Waals surface area contributed by atoms with Crippen LogP contribution in [0.15, 0.2) is 36.8 Å². The minimum Gasteiger partial charge on any atom is -0.472 e. The van der Waals surface area contributed by atoms with Gasteiger partial charge in [-0.25, -0.2) is 4.98 Å². The van der Waals surface area contributed by atoms with Gasteiger partial charge in [-0.1, -0.05) is 31.6 Å². The number of amides is 2. The van der Waals surface area contributed by atoms with Gasteiger partial charge in [-0.2, -0.15) is 0 Å². The van der Waals surface area contributed by atoms with Gasteiger partial charge >= 0.3 is 0 Å². The van der Waals surface area contributed by atoms with Crippen LogP contribution in [0.4, 0.5) is 0 Å². The summed E-state index contributed by atoms with van der Waals surface area (Å²) in [6.45, 7) is 4.32. The first kappa shape index (κ1) is 25.6. The Morgan fingerprint density at radius 2 is 2.03 bits per heavy atom. The van der Waals surface area contributed by atoms with Crippen LogP contribution in [0.3, 0.4) is 0 Å². The first-order chi connectivity index (χ1) is 17.4. The highest BCUT2D eigenvalue weighted by atomic mass is 16.5. The van der Waals surface area contributed by atoms with E-state index in [0.29, 0.717) is 35.7 Å². The van der Waals surface area contributed by atoms with E-state index >= 15 is 0 Å². The molecule has 1 N–H and O–H groups in total. The van der Waals surface area contributed by atoms with Crippen molar-refractivity contribution in [2.75, 3.05) is 26.7 Å². The SMILES string of the molecule is C[C@H]1CN([C@@H](C)CO)C(=O)c2cc(C#CC3CCCC3)cnc2O[C@H]1CN(C)C(=O)c1ccncc1. The molecule has 0 bridgehead atoms. The van der Waals surface area contributed by atoms with Gasteiger partial charge in [-0.05, 0) is 38.0 Å². The number of rotatable bonds is 5. The summed E-state index contributed by atoms with van der Waals surface area (Å²) in [5, 5.41) is 9.85. The first-order valence-electron chi connectivity index (χ1n) is 12.6. The quantitative estimate of drug-likeness (QED) is 0.648. The maximum Gasteiger partial charge on any atom is 0.259 e. The van der Waals surface area contributed by atoms with Crippen LogP contribution >= 0.6 is 0 Å². The molecule has 0 unspecified atom stereocenters. The fourth-order valence-electron chi connectivity index (χ4n) is 4.71. The predicted octanol–water partition coefficient (Wildman–Crippen LogP) is 3.01. The maximum atomic E-state index is 13.5.